The zero-order valence-electron chi connectivity index (χ0n) is 5.41. The quantitative estimate of drug-likeness (QED) is 0.654. The van der Waals surface area contributed by atoms with E-state index in [1.54, 1.807) is 12.1 Å². The number of aromatic carboxylic acids is 1. The second-order valence-corrected chi connectivity index (χ2v) is 2.02. The van der Waals surface area contributed by atoms with E-state index in [1.165, 1.54) is 12.1 Å². The minimum Gasteiger partial charge on any atom is -0.545 e. The summed E-state index contributed by atoms with van der Waals surface area (Å²) in [5.74, 6) is -1.21. The summed E-state index contributed by atoms with van der Waals surface area (Å²) in [5.41, 5.74) is -0.0532. The van der Waals surface area contributed by atoms with Crippen molar-refractivity contribution in [1.82, 2.24) is 0 Å². The predicted octanol–water partition coefficient (Wildman–Crippen LogP) is 0.583. The van der Waals surface area contributed by atoms with Crippen LogP contribution in [0.3, 0.4) is 0 Å². The van der Waals surface area contributed by atoms with Crippen molar-refractivity contribution >= 4 is 17.8 Å². The maximum absolute atomic E-state index is 10.3. The second-order valence-electron chi connectivity index (χ2n) is 1.86. The zero-order valence-corrected chi connectivity index (χ0v) is 6.17. The molecule has 58 valence electrons. The highest BCUT2D eigenvalue weighted by molar-refractivity contribution is 6.09. The molecule has 1 aromatic carbocycles. The van der Waals surface area contributed by atoms with Gasteiger partial charge in [0.25, 0.3) is 0 Å². The Balaban J connectivity index is 3.12. The molecule has 0 heterocycles. The van der Waals surface area contributed by atoms with Crippen molar-refractivity contribution in [3.63, 3.8) is 0 Å². The summed E-state index contributed by atoms with van der Waals surface area (Å²) < 4.78 is 4.26. The van der Waals surface area contributed by atoms with Gasteiger partial charge in [-0.15, -0.1) is 0 Å². The molecule has 0 spiro atoms. The number of hydrogen-bond acceptors (Lipinski definition) is 3. The van der Waals surface area contributed by atoms with Gasteiger partial charge in [-0.2, -0.15) is 0 Å². The van der Waals surface area contributed by atoms with Gasteiger partial charge in [-0.3, -0.25) is 0 Å². The highest BCUT2D eigenvalue weighted by Crippen LogP contribution is 2.17. The normalized spacial score (nSPS) is 9.18. The van der Waals surface area contributed by atoms with Crippen LogP contribution in [0.25, 0.3) is 0 Å². The van der Waals surface area contributed by atoms with E-state index in [0.717, 1.165) is 0 Å². The molecule has 0 saturated carbocycles. The van der Waals surface area contributed by atoms with Gasteiger partial charge in [-0.05, 0) is 12.1 Å². The number of hydrogen-bond donors (Lipinski definition) is 0. The third-order valence-corrected chi connectivity index (χ3v) is 1.36. The lowest BCUT2D eigenvalue weighted by Crippen LogP contribution is -2.22. The second kappa shape index (κ2) is 3.25. The van der Waals surface area contributed by atoms with Crippen LogP contribution in [0.4, 0.5) is 0 Å². The summed E-state index contributed by atoms with van der Waals surface area (Å²) in [6.45, 7) is 0. The first-order chi connectivity index (χ1) is 5.25. The van der Waals surface area contributed by atoms with E-state index in [0.29, 0.717) is 0 Å². The molecule has 4 heteroatoms. The van der Waals surface area contributed by atoms with Gasteiger partial charge in [-0.25, -0.2) is 0 Å². The van der Waals surface area contributed by atoms with Crippen LogP contribution in [0.2, 0.25) is 0 Å². The SMILES string of the molecule is O=C([O-])c1ccccc1OCl. The fourth-order valence-corrected chi connectivity index (χ4v) is 0.837. The molecule has 1 aromatic rings. The van der Waals surface area contributed by atoms with Gasteiger partial charge in [0.2, 0.25) is 0 Å². The average Bonchev–Trinajstić information content (AvgIpc) is 2.04. The smallest absolute Gasteiger partial charge is 0.155 e. The lowest BCUT2D eigenvalue weighted by atomic mass is 10.2. The molecular weight excluding hydrogens is 168 g/mol. The van der Waals surface area contributed by atoms with E-state index in [9.17, 15) is 9.90 Å². The van der Waals surface area contributed by atoms with Gasteiger partial charge in [0.05, 0.1) is 5.97 Å². The maximum atomic E-state index is 10.3. The Morgan fingerprint density at radius 2 is 2.09 bits per heavy atom. The summed E-state index contributed by atoms with van der Waals surface area (Å²) >= 11 is 4.99. The Labute approximate surface area is 68.3 Å². The van der Waals surface area contributed by atoms with E-state index in [2.05, 4.69) is 4.29 Å². The van der Waals surface area contributed by atoms with Crippen LogP contribution >= 0.6 is 11.9 Å². The molecule has 0 aliphatic carbocycles. The van der Waals surface area contributed by atoms with Gasteiger partial charge < -0.3 is 14.2 Å². The lowest BCUT2D eigenvalue weighted by Gasteiger charge is -2.04. The van der Waals surface area contributed by atoms with Crippen LogP contribution in [-0.2, 0) is 0 Å². The molecule has 0 fully saturated rings. The molecule has 0 atom stereocenters. The van der Waals surface area contributed by atoms with E-state index in [1.807, 2.05) is 0 Å². The number of carbonyl (C=O) groups is 1. The molecule has 0 unspecified atom stereocenters. The Morgan fingerprint density at radius 1 is 1.45 bits per heavy atom. The first-order valence-electron chi connectivity index (χ1n) is 2.84. The molecule has 0 radical (unpaired) electrons. The molecule has 1 rings (SSSR count). The van der Waals surface area contributed by atoms with Gasteiger partial charge >= 0.3 is 0 Å². The van der Waals surface area contributed by atoms with Crippen LogP contribution in [0.15, 0.2) is 24.3 Å². The number of rotatable bonds is 2. The van der Waals surface area contributed by atoms with Crippen molar-refractivity contribution in [1.29, 1.82) is 0 Å². The minimum atomic E-state index is -1.30. The number of para-hydroxylation sites is 1. The highest BCUT2D eigenvalue weighted by atomic mass is 35.5. The molecule has 0 aliphatic rings. The van der Waals surface area contributed by atoms with Gasteiger partial charge in [0.15, 0.2) is 5.75 Å². The van der Waals surface area contributed by atoms with Crippen molar-refractivity contribution in [2.75, 3.05) is 0 Å². The molecule has 0 amide bonds. The topological polar surface area (TPSA) is 49.4 Å². The Kier molecular flexibility index (Phi) is 2.33. The highest BCUT2D eigenvalue weighted by Gasteiger charge is 2.01. The van der Waals surface area contributed by atoms with Crippen LogP contribution < -0.4 is 9.40 Å². The molecule has 0 aliphatic heterocycles. The summed E-state index contributed by atoms with van der Waals surface area (Å²) in [6, 6.07) is 5.97. The summed E-state index contributed by atoms with van der Waals surface area (Å²) in [6.07, 6.45) is 0. The van der Waals surface area contributed by atoms with Crippen LogP contribution in [0, 0.1) is 0 Å². The first kappa shape index (κ1) is 7.88. The number of benzene rings is 1. The summed E-state index contributed by atoms with van der Waals surface area (Å²) in [5, 5.41) is 10.3. The first-order valence-corrected chi connectivity index (χ1v) is 3.15. The monoisotopic (exact) mass is 171 g/mol. The molecule has 0 bridgehead atoms. The van der Waals surface area contributed by atoms with E-state index in [4.69, 9.17) is 11.9 Å². The third-order valence-electron chi connectivity index (χ3n) is 1.19. The third kappa shape index (κ3) is 1.62. The maximum Gasteiger partial charge on any atom is 0.155 e. The van der Waals surface area contributed by atoms with Crippen molar-refractivity contribution in [3.05, 3.63) is 29.8 Å². The molecule has 3 nitrogen and oxygen atoms in total. The number of carboxylic acids is 1. The Hall–Kier alpha value is -1.22. The molecule has 0 N–H and O–H groups in total. The lowest BCUT2D eigenvalue weighted by molar-refractivity contribution is -0.255. The zero-order chi connectivity index (χ0) is 8.27. The van der Waals surface area contributed by atoms with Crippen molar-refractivity contribution < 1.29 is 14.2 Å². The van der Waals surface area contributed by atoms with Crippen molar-refractivity contribution in [3.8, 4) is 5.75 Å². The minimum absolute atomic E-state index is 0.0532. The fourth-order valence-electron chi connectivity index (χ4n) is 0.703. The number of halogens is 1. The molecule has 0 saturated heterocycles. The van der Waals surface area contributed by atoms with Crippen LogP contribution in [-0.4, -0.2) is 5.97 Å². The van der Waals surface area contributed by atoms with Gasteiger partial charge in [-0.1, -0.05) is 12.1 Å². The van der Waals surface area contributed by atoms with E-state index < -0.39 is 5.97 Å². The average molecular weight is 172 g/mol. The summed E-state index contributed by atoms with van der Waals surface area (Å²) in [4.78, 5) is 10.3. The molecule has 11 heavy (non-hydrogen) atoms. The number of carbonyl (C=O) groups excluding carboxylic acids is 1. The molecule has 0 aromatic heterocycles. The number of carboxylic acid groups (broad SMARTS) is 1. The largest absolute Gasteiger partial charge is 0.545 e. The van der Waals surface area contributed by atoms with E-state index >= 15 is 0 Å². The Bertz CT molecular complexity index is 272. The summed E-state index contributed by atoms with van der Waals surface area (Å²) in [7, 11) is 0. The van der Waals surface area contributed by atoms with E-state index in [-0.39, 0.29) is 11.3 Å². The molecular formula is C7H4ClO3-. The fraction of sp³-hybridized carbons (Fsp3) is 0. The van der Waals surface area contributed by atoms with Gasteiger partial charge in [0, 0.05) is 5.56 Å². The van der Waals surface area contributed by atoms with Crippen molar-refractivity contribution in [2.24, 2.45) is 0 Å². The van der Waals surface area contributed by atoms with Crippen LogP contribution in [0.1, 0.15) is 10.4 Å². The van der Waals surface area contributed by atoms with Gasteiger partial charge in [0.1, 0.15) is 11.9 Å². The van der Waals surface area contributed by atoms with Crippen molar-refractivity contribution in [2.45, 2.75) is 0 Å². The Morgan fingerprint density at radius 3 is 2.55 bits per heavy atom. The van der Waals surface area contributed by atoms with Crippen LogP contribution in [0.5, 0.6) is 5.75 Å². The standard InChI is InChI=1S/C7H5ClO3/c8-11-6-4-2-1-3-5(6)7(9)10/h1-4H,(H,9,10)/p-1. The predicted molar refractivity (Wildman–Crippen MR) is 37.3 cm³/mol.